The normalized spacial score (nSPS) is 14.4. The Morgan fingerprint density at radius 2 is 1.96 bits per heavy atom. The van der Waals surface area contributed by atoms with Crippen LogP contribution in [0.3, 0.4) is 0 Å². The lowest BCUT2D eigenvalue weighted by Gasteiger charge is -2.23. The molecule has 0 aliphatic carbocycles. The first-order valence-corrected chi connectivity index (χ1v) is 8.84. The second kappa shape index (κ2) is 10.2. The van der Waals surface area contributed by atoms with Gasteiger partial charge >= 0.3 is 0 Å². The number of ether oxygens (including phenoxy) is 2. The summed E-state index contributed by atoms with van der Waals surface area (Å²) in [6, 6.07) is 7.52. The van der Waals surface area contributed by atoms with Gasteiger partial charge in [0.25, 0.3) is 5.91 Å². The molecule has 148 valence electrons. The van der Waals surface area contributed by atoms with Crippen LogP contribution in [0.5, 0.6) is 5.75 Å². The minimum absolute atomic E-state index is 0. The van der Waals surface area contributed by atoms with Crippen LogP contribution in [-0.4, -0.2) is 54.3 Å². The molecule has 8 nitrogen and oxygen atoms in total. The average Bonchev–Trinajstić information content (AvgIpc) is 3.05. The fourth-order valence-corrected chi connectivity index (χ4v) is 3.02. The molecule has 27 heavy (non-hydrogen) atoms. The number of nitrogens with one attached hydrogen (secondary N) is 2. The number of carbonyl (C=O) groups is 1. The Balaban J connectivity index is 0.00000261. The van der Waals surface area contributed by atoms with Gasteiger partial charge in [0, 0.05) is 12.8 Å². The molecule has 2 aromatic rings. The Kier molecular flexibility index (Phi) is 8.02. The zero-order chi connectivity index (χ0) is 18.4. The van der Waals surface area contributed by atoms with Gasteiger partial charge in [-0.15, -0.1) is 17.5 Å². The smallest absolute Gasteiger partial charge is 0.278 e. The summed E-state index contributed by atoms with van der Waals surface area (Å²) in [5.41, 5.74) is 1.85. The standard InChI is InChI=1S/C18H25N5O3.ClH/c1-13-17(21-22-23(13)15-7-9-19-10-8-15)18(24)20-14-3-5-16(6-4-14)26-12-11-25-2;/h3-6,15,19H,7-12H2,1-2H3,(H,20,24);1H. The predicted octanol–water partition coefficient (Wildman–Crippen LogP) is 2.21. The van der Waals surface area contributed by atoms with Crippen LogP contribution in [0.2, 0.25) is 0 Å². The second-order valence-electron chi connectivity index (χ2n) is 6.27. The van der Waals surface area contributed by atoms with E-state index in [-0.39, 0.29) is 18.3 Å². The van der Waals surface area contributed by atoms with Gasteiger partial charge in [-0.2, -0.15) is 0 Å². The molecule has 0 atom stereocenters. The Hall–Kier alpha value is -2.16. The molecule has 3 rings (SSSR count). The third kappa shape index (κ3) is 5.41. The van der Waals surface area contributed by atoms with Crippen molar-refractivity contribution in [1.82, 2.24) is 20.3 Å². The fourth-order valence-electron chi connectivity index (χ4n) is 3.02. The maximum absolute atomic E-state index is 12.5. The number of aromatic nitrogens is 3. The van der Waals surface area contributed by atoms with Crippen molar-refractivity contribution in [3.8, 4) is 5.75 Å². The van der Waals surface area contributed by atoms with E-state index in [2.05, 4.69) is 20.9 Å². The molecule has 2 heterocycles. The lowest BCUT2D eigenvalue weighted by molar-refractivity contribution is 0.102. The zero-order valence-electron chi connectivity index (χ0n) is 15.6. The molecule has 9 heteroatoms. The van der Waals surface area contributed by atoms with E-state index in [0.29, 0.717) is 30.6 Å². The monoisotopic (exact) mass is 395 g/mol. The molecule has 1 aliphatic heterocycles. The summed E-state index contributed by atoms with van der Waals surface area (Å²) in [6.07, 6.45) is 1.99. The summed E-state index contributed by atoms with van der Waals surface area (Å²) in [5.74, 6) is 0.476. The van der Waals surface area contributed by atoms with Crippen molar-refractivity contribution in [2.24, 2.45) is 0 Å². The first kappa shape index (κ1) is 21.1. The summed E-state index contributed by atoms with van der Waals surface area (Å²) >= 11 is 0. The van der Waals surface area contributed by atoms with Gasteiger partial charge in [-0.05, 0) is 57.1 Å². The number of nitrogens with zero attached hydrogens (tertiary/aromatic N) is 3. The first-order valence-electron chi connectivity index (χ1n) is 8.84. The fraction of sp³-hybridized carbons (Fsp3) is 0.500. The number of rotatable bonds is 7. The molecule has 1 aliphatic rings. The van der Waals surface area contributed by atoms with Gasteiger partial charge in [-0.25, -0.2) is 4.68 Å². The van der Waals surface area contributed by atoms with Gasteiger partial charge in [0.1, 0.15) is 12.4 Å². The summed E-state index contributed by atoms with van der Waals surface area (Å²) in [6.45, 7) is 4.84. The molecule has 1 fully saturated rings. The SMILES string of the molecule is COCCOc1ccc(NC(=O)c2nnn(C3CCNCC3)c2C)cc1.Cl. The van der Waals surface area contributed by atoms with Crippen molar-refractivity contribution in [1.29, 1.82) is 0 Å². The van der Waals surface area contributed by atoms with E-state index in [1.807, 2.05) is 23.7 Å². The molecule has 0 saturated carbocycles. The number of piperidine rings is 1. The largest absolute Gasteiger partial charge is 0.491 e. The molecule has 0 spiro atoms. The van der Waals surface area contributed by atoms with Gasteiger partial charge in [0.05, 0.1) is 18.3 Å². The van der Waals surface area contributed by atoms with Crippen LogP contribution in [0.1, 0.15) is 35.1 Å². The average molecular weight is 396 g/mol. The van der Waals surface area contributed by atoms with E-state index >= 15 is 0 Å². The van der Waals surface area contributed by atoms with E-state index in [0.717, 1.165) is 37.4 Å². The first-order chi connectivity index (χ1) is 12.7. The number of hydrogen-bond donors (Lipinski definition) is 2. The van der Waals surface area contributed by atoms with Crippen LogP contribution < -0.4 is 15.4 Å². The predicted molar refractivity (Wildman–Crippen MR) is 105 cm³/mol. The van der Waals surface area contributed by atoms with Gasteiger partial charge in [-0.1, -0.05) is 5.21 Å². The highest BCUT2D eigenvalue weighted by Gasteiger charge is 2.22. The van der Waals surface area contributed by atoms with Crippen LogP contribution in [0, 0.1) is 6.92 Å². The molecule has 1 saturated heterocycles. The molecule has 1 amide bonds. The number of anilines is 1. The highest BCUT2D eigenvalue weighted by Crippen LogP contribution is 2.21. The number of methoxy groups -OCH3 is 1. The van der Waals surface area contributed by atoms with Crippen molar-refractivity contribution in [2.45, 2.75) is 25.8 Å². The highest BCUT2D eigenvalue weighted by atomic mass is 35.5. The van der Waals surface area contributed by atoms with Crippen molar-refractivity contribution in [3.05, 3.63) is 35.7 Å². The van der Waals surface area contributed by atoms with Crippen molar-refractivity contribution >= 4 is 24.0 Å². The Labute approximate surface area is 165 Å². The minimum atomic E-state index is -0.254. The lowest BCUT2D eigenvalue weighted by Crippen LogP contribution is -2.30. The molecule has 0 radical (unpaired) electrons. The summed E-state index contributed by atoms with van der Waals surface area (Å²) in [4.78, 5) is 12.5. The van der Waals surface area contributed by atoms with Crippen LogP contribution in [0.25, 0.3) is 0 Å². The maximum atomic E-state index is 12.5. The third-order valence-electron chi connectivity index (χ3n) is 4.47. The van der Waals surface area contributed by atoms with Crippen LogP contribution in [0.15, 0.2) is 24.3 Å². The highest BCUT2D eigenvalue weighted by molar-refractivity contribution is 6.03. The van der Waals surface area contributed by atoms with Crippen molar-refractivity contribution < 1.29 is 14.3 Å². The van der Waals surface area contributed by atoms with E-state index in [9.17, 15) is 4.79 Å². The lowest BCUT2D eigenvalue weighted by atomic mass is 10.1. The van der Waals surface area contributed by atoms with E-state index in [1.54, 1.807) is 19.2 Å². The molecule has 2 N–H and O–H groups in total. The second-order valence-corrected chi connectivity index (χ2v) is 6.27. The van der Waals surface area contributed by atoms with Crippen LogP contribution in [0.4, 0.5) is 5.69 Å². The molecule has 1 aromatic heterocycles. The Bertz CT molecular complexity index is 729. The zero-order valence-corrected chi connectivity index (χ0v) is 16.4. The summed E-state index contributed by atoms with van der Waals surface area (Å²) in [5, 5.41) is 14.5. The maximum Gasteiger partial charge on any atom is 0.278 e. The number of hydrogen-bond acceptors (Lipinski definition) is 6. The van der Waals surface area contributed by atoms with E-state index < -0.39 is 0 Å². The topological polar surface area (TPSA) is 90.3 Å². The Morgan fingerprint density at radius 1 is 1.26 bits per heavy atom. The molecule has 0 unspecified atom stereocenters. The number of benzene rings is 1. The molecular weight excluding hydrogens is 370 g/mol. The van der Waals surface area contributed by atoms with Gasteiger partial charge in [0.2, 0.25) is 0 Å². The molecular formula is C18H26ClN5O3. The van der Waals surface area contributed by atoms with E-state index in [1.165, 1.54) is 0 Å². The van der Waals surface area contributed by atoms with E-state index in [4.69, 9.17) is 9.47 Å². The van der Waals surface area contributed by atoms with Crippen molar-refractivity contribution in [2.75, 3.05) is 38.7 Å². The summed E-state index contributed by atoms with van der Waals surface area (Å²) < 4.78 is 12.3. The van der Waals surface area contributed by atoms with Crippen molar-refractivity contribution in [3.63, 3.8) is 0 Å². The summed E-state index contributed by atoms with van der Waals surface area (Å²) in [7, 11) is 1.63. The Morgan fingerprint density at radius 3 is 2.63 bits per heavy atom. The van der Waals surface area contributed by atoms with Gasteiger partial charge < -0.3 is 20.1 Å². The number of halogens is 1. The molecule has 1 aromatic carbocycles. The third-order valence-corrected chi connectivity index (χ3v) is 4.47. The van der Waals surface area contributed by atoms with Crippen LogP contribution >= 0.6 is 12.4 Å². The minimum Gasteiger partial charge on any atom is -0.491 e. The molecule has 0 bridgehead atoms. The van der Waals surface area contributed by atoms with Gasteiger partial charge in [-0.3, -0.25) is 4.79 Å². The quantitative estimate of drug-likeness (QED) is 0.698. The number of carbonyl (C=O) groups excluding carboxylic acids is 1. The number of amides is 1. The van der Waals surface area contributed by atoms with Crippen LogP contribution in [-0.2, 0) is 4.74 Å². The van der Waals surface area contributed by atoms with Gasteiger partial charge in [0.15, 0.2) is 5.69 Å².